The lowest BCUT2D eigenvalue weighted by Gasteiger charge is -2.18. The molecule has 3 heterocycles. The summed E-state index contributed by atoms with van der Waals surface area (Å²) in [6, 6.07) is 48.0. The molecule has 78 heavy (non-hydrogen) atoms. The van der Waals surface area contributed by atoms with Gasteiger partial charge in [0.05, 0.1) is 39.0 Å². The van der Waals surface area contributed by atoms with E-state index in [-0.39, 0.29) is 57.5 Å². The van der Waals surface area contributed by atoms with E-state index in [1.165, 1.54) is 36.4 Å². The van der Waals surface area contributed by atoms with Gasteiger partial charge in [0.25, 0.3) is 0 Å². The Morgan fingerprint density at radius 3 is 1.27 bits per heavy atom. The Bertz CT molecular complexity index is 4140. The first-order valence-corrected chi connectivity index (χ1v) is 24.6. The predicted molar refractivity (Wildman–Crippen MR) is 280 cm³/mol. The molecule has 0 aliphatic heterocycles. The van der Waals surface area contributed by atoms with Gasteiger partial charge in [0.15, 0.2) is 17.5 Å². The summed E-state index contributed by atoms with van der Waals surface area (Å²) in [5, 5.41) is 2.69. The molecule has 0 radical (unpaired) electrons. The maximum absolute atomic E-state index is 14.9. The topological polar surface area (TPSA) is 43.6 Å². The second kappa shape index (κ2) is 18.4. The number of fused-ring (bicyclic) bond motifs is 6. The Labute approximate surface area is 438 Å². The molecule has 12 aromatic rings. The number of rotatable bonds is 7. The summed E-state index contributed by atoms with van der Waals surface area (Å²) in [4.78, 5) is 15.0. The minimum atomic E-state index is -5.27. The predicted octanol–water partition coefficient (Wildman–Crippen LogP) is 19.4. The fourth-order valence-electron chi connectivity index (χ4n) is 9.95. The summed E-state index contributed by atoms with van der Waals surface area (Å²) in [5.41, 5.74) is -4.27. The van der Waals surface area contributed by atoms with Crippen LogP contribution in [0.3, 0.4) is 0 Å². The van der Waals surface area contributed by atoms with Crippen molar-refractivity contribution in [1.82, 2.24) is 19.5 Å². The lowest BCUT2D eigenvalue weighted by Crippen LogP contribution is -2.12. The standard InChI is InChI=1S/C61H32F12N4S/c62-58(63,64)39-19-23-41(48(31-39)60(68,69)70)37-15-21-43-44-22-16-38(42-24-20-40(59(65,66)67)32-49(42)61(71,72)73)30-52(44)77(51(43)29-37)50-25-17-35(36-18-26-54-46(27-36)45-13-7-8-14-53(45)78-54)28-47(50)57-75-55(33-9-3-1-4-10-33)74-56(76-57)34-11-5-2-6-12-34/h1-32H. The Kier molecular flexibility index (Phi) is 11.8. The molecule has 4 nitrogen and oxygen atoms in total. The number of benzene rings is 9. The third kappa shape index (κ3) is 9.06. The first-order chi connectivity index (χ1) is 37.2. The first-order valence-electron chi connectivity index (χ1n) is 23.8. The molecule has 0 saturated heterocycles. The number of halogens is 12. The van der Waals surface area contributed by atoms with Crippen LogP contribution >= 0.6 is 11.3 Å². The van der Waals surface area contributed by atoms with Gasteiger partial charge in [-0.2, -0.15) is 52.7 Å². The van der Waals surface area contributed by atoms with Gasteiger partial charge in [0.1, 0.15) is 0 Å². The molecular weight excluding hydrogens is 1050 g/mol. The zero-order valence-corrected chi connectivity index (χ0v) is 40.5. The monoisotopic (exact) mass is 1080 g/mol. The number of thiophene rings is 1. The van der Waals surface area contributed by atoms with Crippen molar-refractivity contribution in [3.05, 3.63) is 216 Å². The molecule has 0 N–H and O–H groups in total. The SMILES string of the molecule is FC(F)(F)c1ccc(-c2ccc3c4ccc(-c5ccc(C(F)(F)F)cc5C(F)(F)F)cc4n(-c4ccc(-c5ccc6sc7ccccc7c6c5)cc4-c4nc(-c5ccccc5)nc(-c5ccccc5)n4)c3c2)c(C(F)(F)F)c1. The van der Waals surface area contributed by atoms with Crippen LogP contribution in [0.15, 0.2) is 194 Å². The number of hydrogen-bond acceptors (Lipinski definition) is 4. The summed E-state index contributed by atoms with van der Waals surface area (Å²) in [7, 11) is 0. The number of aromatic nitrogens is 4. The van der Waals surface area contributed by atoms with Crippen LogP contribution in [0, 0.1) is 0 Å². The van der Waals surface area contributed by atoms with Gasteiger partial charge in [-0.05, 0) is 100 Å². The fraction of sp³-hybridized carbons (Fsp3) is 0.0656. The highest BCUT2D eigenvalue weighted by Crippen LogP contribution is 2.47. The van der Waals surface area contributed by atoms with Crippen LogP contribution in [0.5, 0.6) is 0 Å². The summed E-state index contributed by atoms with van der Waals surface area (Å²) < 4.78 is 177. The second-order valence-electron chi connectivity index (χ2n) is 18.4. The highest BCUT2D eigenvalue weighted by molar-refractivity contribution is 7.25. The number of alkyl halides is 12. The lowest BCUT2D eigenvalue weighted by molar-refractivity contribution is -0.144. The van der Waals surface area contributed by atoms with Gasteiger partial charge >= 0.3 is 24.7 Å². The summed E-state index contributed by atoms with van der Waals surface area (Å²) in [6.07, 6.45) is -20.8. The van der Waals surface area contributed by atoms with Crippen LogP contribution in [-0.4, -0.2) is 19.5 Å². The van der Waals surface area contributed by atoms with Crippen molar-refractivity contribution >= 4 is 53.3 Å². The lowest BCUT2D eigenvalue weighted by atomic mass is 9.95. The first kappa shape index (κ1) is 50.0. The van der Waals surface area contributed by atoms with Crippen molar-refractivity contribution in [1.29, 1.82) is 0 Å². The van der Waals surface area contributed by atoms with Gasteiger partial charge in [-0.1, -0.05) is 127 Å². The van der Waals surface area contributed by atoms with E-state index in [0.29, 0.717) is 45.2 Å². The van der Waals surface area contributed by atoms with Crippen molar-refractivity contribution < 1.29 is 52.7 Å². The third-order valence-corrected chi connectivity index (χ3v) is 14.7. The van der Waals surface area contributed by atoms with Crippen LogP contribution < -0.4 is 0 Å². The van der Waals surface area contributed by atoms with E-state index in [0.717, 1.165) is 37.9 Å². The molecule has 12 rings (SSSR count). The van der Waals surface area contributed by atoms with Crippen LogP contribution in [0.1, 0.15) is 22.3 Å². The van der Waals surface area contributed by atoms with E-state index >= 15 is 0 Å². The van der Waals surface area contributed by atoms with Crippen LogP contribution in [-0.2, 0) is 24.7 Å². The molecule has 0 spiro atoms. The van der Waals surface area contributed by atoms with Crippen LogP contribution in [0.4, 0.5) is 52.7 Å². The molecule has 0 amide bonds. The average molecular weight is 1080 g/mol. The molecule has 0 aliphatic carbocycles. The molecule has 0 unspecified atom stereocenters. The summed E-state index contributed by atoms with van der Waals surface area (Å²) in [6.45, 7) is 0. The molecule has 0 fully saturated rings. The Hall–Kier alpha value is -8.83. The minimum Gasteiger partial charge on any atom is -0.308 e. The molecule has 386 valence electrons. The van der Waals surface area contributed by atoms with Gasteiger partial charge in [-0.15, -0.1) is 11.3 Å². The fourth-order valence-corrected chi connectivity index (χ4v) is 11.0. The van der Waals surface area contributed by atoms with Gasteiger partial charge < -0.3 is 4.57 Å². The normalized spacial score (nSPS) is 12.6. The molecule has 17 heteroatoms. The summed E-state index contributed by atoms with van der Waals surface area (Å²) >= 11 is 1.62. The van der Waals surface area contributed by atoms with Gasteiger partial charge in [0, 0.05) is 47.6 Å². The van der Waals surface area contributed by atoms with E-state index in [1.807, 2.05) is 60.7 Å². The van der Waals surface area contributed by atoms with Crippen molar-refractivity contribution in [2.45, 2.75) is 24.7 Å². The second-order valence-corrected chi connectivity index (χ2v) is 19.5. The molecule has 0 atom stereocenters. The van der Waals surface area contributed by atoms with Gasteiger partial charge in [-0.3, -0.25) is 0 Å². The Balaban J connectivity index is 1.19. The molecule has 0 saturated carbocycles. The van der Waals surface area contributed by atoms with Crippen molar-refractivity contribution in [2.24, 2.45) is 0 Å². The quantitative estimate of drug-likeness (QED) is 0.149. The highest BCUT2D eigenvalue weighted by atomic mass is 32.1. The van der Waals surface area contributed by atoms with Crippen molar-refractivity contribution in [2.75, 3.05) is 0 Å². The highest BCUT2D eigenvalue weighted by Gasteiger charge is 2.40. The van der Waals surface area contributed by atoms with Gasteiger partial charge in [0.2, 0.25) is 0 Å². The molecule has 0 bridgehead atoms. The van der Waals surface area contributed by atoms with E-state index in [4.69, 9.17) is 15.0 Å². The van der Waals surface area contributed by atoms with E-state index in [1.54, 1.807) is 76.6 Å². The largest absolute Gasteiger partial charge is 0.417 e. The Morgan fingerprint density at radius 2 is 0.756 bits per heavy atom. The third-order valence-electron chi connectivity index (χ3n) is 13.6. The maximum Gasteiger partial charge on any atom is 0.417 e. The minimum absolute atomic E-state index is 0.0339. The van der Waals surface area contributed by atoms with Crippen molar-refractivity contribution in [3.63, 3.8) is 0 Å². The molecule has 9 aromatic carbocycles. The molecule has 0 aliphatic rings. The van der Waals surface area contributed by atoms with E-state index < -0.39 is 58.1 Å². The number of nitrogens with zero attached hydrogens (tertiary/aromatic N) is 4. The zero-order valence-electron chi connectivity index (χ0n) is 39.7. The van der Waals surface area contributed by atoms with Crippen LogP contribution in [0.25, 0.3) is 115 Å². The number of hydrogen-bond donors (Lipinski definition) is 0. The van der Waals surface area contributed by atoms with Crippen molar-refractivity contribution in [3.8, 4) is 73.2 Å². The molecular formula is C61H32F12N4S. The smallest absolute Gasteiger partial charge is 0.308 e. The summed E-state index contributed by atoms with van der Waals surface area (Å²) in [5.74, 6) is 0.587. The van der Waals surface area contributed by atoms with Crippen LogP contribution in [0.2, 0.25) is 0 Å². The van der Waals surface area contributed by atoms with Gasteiger partial charge in [-0.25, -0.2) is 15.0 Å². The van der Waals surface area contributed by atoms with E-state index in [2.05, 4.69) is 0 Å². The molecule has 3 aromatic heterocycles. The average Bonchev–Trinajstić information content (AvgIpc) is 4.04. The van der Waals surface area contributed by atoms with E-state index in [9.17, 15) is 52.7 Å². The maximum atomic E-state index is 14.9. The Morgan fingerprint density at radius 1 is 0.308 bits per heavy atom. The zero-order chi connectivity index (χ0) is 54.5.